The Labute approximate surface area is 78.9 Å². The molecule has 0 unspecified atom stereocenters. The number of nitrogen functional groups attached to an aromatic ring is 1. The van der Waals surface area contributed by atoms with Crippen LogP contribution < -0.4 is 11.5 Å². The van der Waals surface area contributed by atoms with E-state index in [4.69, 9.17) is 11.5 Å². The minimum absolute atomic E-state index is 0.153. The Bertz CT molecular complexity index is 316. The molecule has 0 radical (unpaired) electrons. The fourth-order valence-corrected chi connectivity index (χ4v) is 1.71. The van der Waals surface area contributed by atoms with Crippen molar-refractivity contribution in [1.29, 1.82) is 0 Å². The maximum atomic E-state index is 6.07. The van der Waals surface area contributed by atoms with E-state index in [1.54, 1.807) is 0 Å². The third kappa shape index (κ3) is 1.68. The molecule has 4 N–H and O–H groups in total. The molecule has 1 aromatic rings. The number of aryl methyl sites for hydroxylation is 1. The van der Waals surface area contributed by atoms with Gasteiger partial charge in [0.2, 0.25) is 0 Å². The van der Waals surface area contributed by atoms with E-state index in [9.17, 15) is 0 Å². The molecule has 2 nitrogen and oxygen atoms in total. The van der Waals surface area contributed by atoms with Gasteiger partial charge in [-0.1, -0.05) is 12.1 Å². The highest BCUT2D eigenvalue weighted by molar-refractivity contribution is 5.50. The van der Waals surface area contributed by atoms with Crippen LogP contribution in [0.15, 0.2) is 18.2 Å². The Morgan fingerprint density at radius 2 is 2.08 bits per heavy atom. The first-order valence-corrected chi connectivity index (χ1v) is 4.80. The highest BCUT2D eigenvalue weighted by atomic mass is 14.7. The van der Waals surface area contributed by atoms with Crippen molar-refractivity contribution in [2.24, 2.45) is 11.7 Å². The Kier molecular flexibility index (Phi) is 2.00. The van der Waals surface area contributed by atoms with Crippen molar-refractivity contribution in [2.45, 2.75) is 25.8 Å². The lowest BCUT2D eigenvalue weighted by molar-refractivity contribution is 0.635. The monoisotopic (exact) mass is 176 g/mol. The van der Waals surface area contributed by atoms with Crippen LogP contribution in [0.5, 0.6) is 0 Å². The largest absolute Gasteiger partial charge is 0.398 e. The van der Waals surface area contributed by atoms with Crippen LogP contribution in [-0.4, -0.2) is 0 Å². The van der Waals surface area contributed by atoms with Gasteiger partial charge in [-0.3, -0.25) is 0 Å². The van der Waals surface area contributed by atoms with E-state index < -0.39 is 0 Å². The molecule has 1 atom stereocenters. The van der Waals surface area contributed by atoms with Gasteiger partial charge in [0.05, 0.1) is 0 Å². The van der Waals surface area contributed by atoms with E-state index in [0.717, 1.165) is 11.3 Å². The van der Waals surface area contributed by atoms with E-state index in [1.165, 1.54) is 18.4 Å². The molecule has 1 aliphatic rings. The van der Waals surface area contributed by atoms with Gasteiger partial charge in [-0.25, -0.2) is 0 Å². The highest BCUT2D eigenvalue weighted by Crippen LogP contribution is 2.40. The standard InChI is InChI=1S/C11H16N2/c1-7-2-5-9(10(12)6-7)11(13)8-3-4-8/h2,5-6,8,11H,3-4,12-13H2,1H3/t11-/m0/s1. The third-order valence-electron chi connectivity index (χ3n) is 2.73. The van der Waals surface area contributed by atoms with Gasteiger partial charge in [0.25, 0.3) is 0 Å². The summed E-state index contributed by atoms with van der Waals surface area (Å²) in [5, 5.41) is 0. The molecule has 1 saturated carbocycles. The Balaban J connectivity index is 2.28. The van der Waals surface area contributed by atoms with Gasteiger partial charge in [-0.2, -0.15) is 0 Å². The van der Waals surface area contributed by atoms with Crippen molar-refractivity contribution in [3.8, 4) is 0 Å². The van der Waals surface area contributed by atoms with E-state index in [-0.39, 0.29) is 6.04 Å². The quantitative estimate of drug-likeness (QED) is 0.677. The van der Waals surface area contributed by atoms with Gasteiger partial charge >= 0.3 is 0 Å². The smallest absolute Gasteiger partial charge is 0.0365 e. The van der Waals surface area contributed by atoms with Gasteiger partial charge in [0.1, 0.15) is 0 Å². The van der Waals surface area contributed by atoms with Crippen molar-refractivity contribution in [2.75, 3.05) is 5.73 Å². The summed E-state index contributed by atoms with van der Waals surface area (Å²) >= 11 is 0. The van der Waals surface area contributed by atoms with E-state index in [2.05, 4.69) is 12.1 Å². The minimum atomic E-state index is 0.153. The third-order valence-corrected chi connectivity index (χ3v) is 2.73. The molecule has 70 valence electrons. The average Bonchev–Trinajstić information content (AvgIpc) is 2.85. The predicted molar refractivity (Wildman–Crippen MR) is 55.2 cm³/mol. The number of hydrogen-bond donors (Lipinski definition) is 2. The van der Waals surface area contributed by atoms with Crippen molar-refractivity contribution in [1.82, 2.24) is 0 Å². The highest BCUT2D eigenvalue weighted by Gasteiger charge is 2.30. The van der Waals surface area contributed by atoms with Gasteiger partial charge in [-0.15, -0.1) is 0 Å². The molecular weight excluding hydrogens is 160 g/mol. The average molecular weight is 176 g/mol. The van der Waals surface area contributed by atoms with Crippen molar-refractivity contribution < 1.29 is 0 Å². The lowest BCUT2D eigenvalue weighted by Gasteiger charge is -2.13. The van der Waals surface area contributed by atoms with Crippen LogP contribution in [0.2, 0.25) is 0 Å². The molecule has 0 aliphatic heterocycles. The maximum absolute atomic E-state index is 6.07. The first kappa shape index (κ1) is 8.57. The van der Waals surface area contributed by atoms with Crippen molar-refractivity contribution >= 4 is 5.69 Å². The summed E-state index contributed by atoms with van der Waals surface area (Å²) < 4.78 is 0. The molecule has 2 rings (SSSR count). The number of nitrogens with two attached hydrogens (primary N) is 2. The molecule has 0 amide bonds. The molecular formula is C11H16N2. The lowest BCUT2D eigenvalue weighted by Crippen LogP contribution is -2.14. The minimum Gasteiger partial charge on any atom is -0.398 e. The zero-order valence-corrected chi connectivity index (χ0v) is 7.96. The Hall–Kier alpha value is -1.02. The normalized spacial score (nSPS) is 18.6. The molecule has 0 heterocycles. The second kappa shape index (κ2) is 3.04. The summed E-state index contributed by atoms with van der Waals surface area (Å²) in [6.07, 6.45) is 2.52. The summed E-state index contributed by atoms with van der Waals surface area (Å²) in [6.45, 7) is 2.04. The molecule has 0 saturated heterocycles. The van der Waals surface area contributed by atoms with Crippen LogP contribution >= 0.6 is 0 Å². The summed E-state index contributed by atoms with van der Waals surface area (Å²) in [6, 6.07) is 6.29. The summed E-state index contributed by atoms with van der Waals surface area (Å²) in [5.74, 6) is 0.671. The molecule has 0 bridgehead atoms. The van der Waals surface area contributed by atoms with Crippen LogP contribution in [-0.2, 0) is 0 Å². The maximum Gasteiger partial charge on any atom is 0.0365 e. The Morgan fingerprint density at radius 1 is 1.38 bits per heavy atom. The zero-order chi connectivity index (χ0) is 9.42. The summed E-state index contributed by atoms with van der Waals surface area (Å²) in [7, 11) is 0. The molecule has 13 heavy (non-hydrogen) atoms. The van der Waals surface area contributed by atoms with Gasteiger partial charge < -0.3 is 11.5 Å². The van der Waals surface area contributed by atoms with Crippen molar-refractivity contribution in [3.05, 3.63) is 29.3 Å². The summed E-state index contributed by atoms with van der Waals surface area (Å²) in [5.41, 5.74) is 15.1. The molecule has 1 aliphatic carbocycles. The SMILES string of the molecule is Cc1ccc([C@@H](N)C2CC2)c(N)c1. The first-order valence-electron chi connectivity index (χ1n) is 4.80. The molecule has 2 heteroatoms. The second-order valence-electron chi connectivity index (χ2n) is 4.00. The van der Waals surface area contributed by atoms with Crippen LogP contribution in [0.3, 0.4) is 0 Å². The molecule has 1 fully saturated rings. The van der Waals surface area contributed by atoms with Gasteiger partial charge in [0.15, 0.2) is 0 Å². The molecule has 0 aromatic heterocycles. The number of anilines is 1. The topological polar surface area (TPSA) is 52.0 Å². The van der Waals surface area contributed by atoms with Crippen LogP contribution in [0.1, 0.15) is 30.0 Å². The number of benzene rings is 1. The lowest BCUT2D eigenvalue weighted by atomic mass is 10.00. The summed E-state index contributed by atoms with van der Waals surface area (Å²) in [4.78, 5) is 0. The first-order chi connectivity index (χ1) is 6.18. The number of hydrogen-bond acceptors (Lipinski definition) is 2. The van der Waals surface area contributed by atoms with Gasteiger partial charge in [0, 0.05) is 11.7 Å². The fraction of sp³-hybridized carbons (Fsp3) is 0.455. The Morgan fingerprint density at radius 3 is 2.62 bits per heavy atom. The second-order valence-corrected chi connectivity index (χ2v) is 4.00. The zero-order valence-electron chi connectivity index (χ0n) is 7.96. The van der Waals surface area contributed by atoms with Crippen molar-refractivity contribution in [3.63, 3.8) is 0 Å². The van der Waals surface area contributed by atoms with Crippen LogP contribution in [0.25, 0.3) is 0 Å². The van der Waals surface area contributed by atoms with Gasteiger partial charge in [-0.05, 0) is 42.9 Å². The molecule has 1 aromatic carbocycles. The van der Waals surface area contributed by atoms with Crippen LogP contribution in [0, 0.1) is 12.8 Å². The van der Waals surface area contributed by atoms with Crippen LogP contribution in [0.4, 0.5) is 5.69 Å². The predicted octanol–water partition coefficient (Wildman–Crippen LogP) is 1.99. The van der Waals surface area contributed by atoms with E-state index >= 15 is 0 Å². The fourth-order valence-electron chi connectivity index (χ4n) is 1.71. The molecule has 0 spiro atoms. The number of rotatable bonds is 2. The van der Waals surface area contributed by atoms with E-state index in [0.29, 0.717) is 5.92 Å². The van der Waals surface area contributed by atoms with E-state index in [1.807, 2.05) is 13.0 Å².